The van der Waals surface area contributed by atoms with Gasteiger partial charge >= 0.3 is 0 Å². The van der Waals surface area contributed by atoms with E-state index in [1.165, 1.54) is 11.3 Å². The summed E-state index contributed by atoms with van der Waals surface area (Å²) >= 11 is 1.25. The minimum atomic E-state index is 0.618. The Morgan fingerprint density at radius 3 is 1.71 bits per heavy atom. The highest BCUT2D eigenvalue weighted by atomic mass is 32.1. The second-order valence-corrected chi connectivity index (χ2v) is 4.89. The normalized spacial score (nSPS) is 10.8. The molecule has 0 aliphatic heterocycles. The molecule has 0 amide bonds. The van der Waals surface area contributed by atoms with E-state index in [0.29, 0.717) is 9.75 Å². The van der Waals surface area contributed by atoms with Gasteiger partial charge in [0, 0.05) is 10.8 Å². The summed E-state index contributed by atoms with van der Waals surface area (Å²) in [6.45, 7) is 0. The summed E-state index contributed by atoms with van der Waals surface area (Å²) in [6, 6.07) is 11.9. The van der Waals surface area contributed by atoms with E-state index >= 15 is 0 Å². The number of benzene rings is 2. The summed E-state index contributed by atoms with van der Waals surface area (Å²) in [4.78, 5) is 23.2. The fourth-order valence-corrected chi connectivity index (χ4v) is 2.94. The first-order valence-corrected chi connectivity index (χ1v) is 6.01. The van der Waals surface area contributed by atoms with Crippen molar-refractivity contribution >= 4 is 45.5 Å². The Morgan fingerprint density at radius 1 is 0.824 bits per heavy atom. The maximum atomic E-state index is 11.0. The summed E-state index contributed by atoms with van der Waals surface area (Å²) in [6.07, 6.45) is 1.63. The van der Waals surface area contributed by atoms with Gasteiger partial charge in [0.15, 0.2) is 12.6 Å². The quantitative estimate of drug-likeness (QED) is 0.640. The van der Waals surface area contributed by atoms with Gasteiger partial charge in [-0.2, -0.15) is 0 Å². The first kappa shape index (κ1) is 10.2. The molecule has 0 atom stereocenters. The molecule has 2 nitrogen and oxygen atoms in total. The van der Waals surface area contributed by atoms with Crippen molar-refractivity contribution in [2.24, 2.45) is 0 Å². The van der Waals surface area contributed by atoms with E-state index in [0.717, 1.165) is 34.1 Å². The fourth-order valence-electron chi connectivity index (χ4n) is 2.05. The van der Waals surface area contributed by atoms with E-state index in [1.807, 2.05) is 36.4 Å². The van der Waals surface area contributed by atoms with Crippen molar-refractivity contribution in [3.63, 3.8) is 0 Å². The molecule has 0 aliphatic carbocycles. The second kappa shape index (κ2) is 3.79. The molecule has 3 rings (SSSR count). The number of fused-ring (bicyclic) bond motifs is 2. The van der Waals surface area contributed by atoms with Crippen molar-refractivity contribution in [1.82, 2.24) is 0 Å². The van der Waals surface area contributed by atoms with Gasteiger partial charge in [-0.3, -0.25) is 9.59 Å². The zero-order chi connectivity index (χ0) is 11.8. The van der Waals surface area contributed by atoms with E-state index in [2.05, 4.69) is 0 Å². The Morgan fingerprint density at radius 2 is 1.29 bits per heavy atom. The van der Waals surface area contributed by atoms with Crippen LogP contribution in [0.4, 0.5) is 0 Å². The van der Waals surface area contributed by atoms with Crippen LogP contribution in [-0.4, -0.2) is 12.6 Å². The molecule has 0 fully saturated rings. The monoisotopic (exact) mass is 240 g/mol. The highest BCUT2D eigenvalue weighted by molar-refractivity contribution is 7.17. The van der Waals surface area contributed by atoms with Gasteiger partial charge in [0.2, 0.25) is 0 Å². The number of thiophene rings is 1. The smallest absolute Gasteiger partial charge is 0.160 e. The van der Waals surface area contributed by atoms with Gasteiger partial charge in [0.05, 0.1) is 9.75 Å². The average Bonchev–Trinajstić information content (AvgIpc) is 2.73. The Bertz CT molecular complexity index is 679. The zero-order valence-electron chi connectivity index (χ0n) is 8.84. The molecule has 0 N–H and O–H groups in total. The highest BCUT2D eigenvalue weighted by Gasteiger charge is 2.10. The molecular weight excluding hydrogens is 232 g/mol. The Balaban J connectivity index is 2.52. The Labute approximate surface area is 101 Å². The van der Waals surface area contributed by atoms with Crippen molar-refractivity contribution in [3.8, 4) is 0 Å². The van der Waals surface area contributed by atoms with Gasteiger partial charge in [-0.1, -0.05) is 24.3 Å². The molecule has 2 aromatic carbocycles. The molecule has 17 heavy (non-hydrogen) atoms. The van der Waals surface area contributed by atoms with Crippen LogP contribution < -0.4 is 0 Å². The maximum absolute atomic E-state index is 11.0. The van der Waals surface area contributed by atoms with Crippen LogP contribution in [0.2, 0.25) is 0 Å². The third kappa shape index (κ3) is 1.47. The summed E-state index contributed by atoms with van der Waals surface area (Å²) in [5.74, 6) is 0. The fraction of sp³-hybridized carbons (Fsp3) is 0. The zero-order valence-corrected chi connectivity index (χ0v) is 9.66. The summed E-state index contributed by atoms with van der Waals surface area (Å²) in [7, 11) is 0. The van der Waals surface area contributed by atoms with Crippen LogP contribution >= 0.6 is 11.3 Å². The lowest BCUT2D eigenvalue weighted by atomic mass is 10.0. The maximum Gasteiger partial charge on any atom is 0.160 e. The number of aldehydes is 2. The summed E-state index contributed by atoms with van der Waals surface area (Å²) in [5.41, 5.74) is 0. The molecule has 0 saturated carbocycles. The molecule has 0 bridgehead atoms. The van der Waals surface area contributed by atoms with Crippen molar-refractivity contribution < 1.29 is 9.59 Å². The summed E-state index contributed by atoms with van der Waals surface area (Å²) in [5, 5.41) is 3.90. The van der Waals surface area contributed by atoms with E-state index in [9.17, 15) is 9.59 Å². The van der Waals surface area contributed by atoms with E-state index in [1.54, 1.807) is 0 Å². The number of hydrogen-bond donors (Lipinski definition) is 0. The molecule has 3 heteroatoms. The van der Waals surface area contributed by atoms with Crippen molar-refractivity contribution in [1.29, 1.82) is 0 Å². The van der Waals surface area contributed by atoms with Gasteiger partial charge in [-0.15, -0.1) is 11.3 Å². The number of carbonyl (C=O) groups is 2. The third-order valence-corrected chi connectivity index (χ3v) is 3.92. The molecule has 1 aromatic heterocycles. The lowest BCUT2D eigenvalue weighted by Gasteiger charge is -1.98. The lowest BCUT2D eigenvalue weighted by molar-refractivity contribution is 0.112. The van der Waals surface area contributed by atoms with Crippen LogP contribution in [0.15, 0.2) is 36.4 Å². The molecule has 0 saturated heterocycles. The molecular formula is C14H8O2S. The molecule has 0 unspecified atom stereocenters. The number of carbonyl (C=O) groups excluding carboxylic acids is 2. The molecule has 0 spiro atoms. The van der Waals surface area contributed by atoms with E-state index in [4.69, 9.17) is 0 Å². The standard InChI is InChI=1S/C14H8O2S/c15-7-13-11-5-9-3-1-2-4-10(9)6-12(11)14(8-16)17-13/h1-8H. The van der Waals surface area contributed by atoms with Gasteiger partial charge in [-0.25, -0.2) is 0 Å². The van der Waals surface area contributed by atoms with Gasteiger partial charge in [0.1, 0.15) is 0 Å². The highest BCUT2D eigenvalue weighted by Crippen LogP contribution is 2.32. The SMILES string of the molecule is O=Cc1sc(C=O)c2cc3ccccc3cc12. The van der Waals surface area contributed by atoms with Gasteiger partial charge < -0.3 is 0 Å². The van der Waals surface area contributed by atoms with Gasteiger partial charge in [0.25, 0.3) is 0 Å². The van der Waals surface area contributed by atoms with Crippen molar-refractivity contribution in [2.75, 3.05) is 0 Å². The first-order valence-electron chi connectivity index (χ1n) is 5.19. The topological polar surface area (TPSA) is 34.1 Å². The van der Waals surface area contributed by atoms with Crippen molar-refractivity contribution in [3.05, 3.63) is 46.2 Å². The molecule has 1 heterocycles. The van der Waals surface area contributed by atoms with Gasteiger partial charge in [-0.05, 0) is 22.9 Å². The number of hydrogen-bond acceptors (Lipinski definition) is 3. The van der Waals surface area contributed by atoms with Crippen LogP contribution in [0, 0.1) is 0 Å². The first-order chi connectivity index (χ1) is 8.33. The van der Waals surface area contributed by atoms with E-state index in [-0.39, 0.29) is 0 Å². The Hall–Kier alpha value is -2.00. The Kier molecular flexibility index (Phi) is 2.27. The predicted octanol–water partition coefficient (Wildman–Crippen LogP) is 3.68. The second-order valence-electron chi connectivity index (χ2n) is 3.81. The van der Waals surface area contributed by atoms with Crippen LogP contribution in [0.5, 0.6) is 0 Å². The molecule has 0 aliphatic rings. The minimum Gasteiger partial charge on any atom is -0.297 e. The largest absolute Gasteiger partial charge is 0.297 e. The molecule has 82 valence electrons. The predicted molar refractivity (Wildman–Crippen MR) is 70.1 cm³/mol. The van der Waals surface area contributed by atoms with Crippen LogP contribution in [-0.2, 0) is 0 Å². The van der Waals surface area contributed by atoms with Crippen molar-refractivity contribution in [2.45, 2.75) is 0 Å². The van der Waals surface area contributed by atoms with Crippen LogP contribution in [0.1, 0.15) is 19.3 Å². The van der Waals surface area contributed by atoms with Crippen LogP contribution in [0.25, 0.3) is 21.5 Å². The van der Waals surface area contributed by atoms with E-state index < -0.39 is 0 Å². The lowest BCUT2D eigenvalue weighted by Crippen LogP contribution is -1.77. The number of rotatable bonds is 2. The van der Waals surface area contributed by atoms with Crippen LogP contribution in [0.3, 0.4) is 0 Å². The molecule has 3 aromatic rings. The average molecular weight is 240 g/mol. The summed E-state index contributed by atoms with van der Waals surface area (Å²) < 4.78 is 0. The third-order valence-electron chi connectivity index (χ3n) is 2.85. The minimum absolute atomic E-state index is 0.618. The molecule has 0 radical (unpaired) electrons.